The third-order valence-corrected chi connectivity index (χ3v) is 14.1. The van der Waals surface area contributed by atoms with Crippen LogP contribution >= 0.6 is 34.8 Å². The number of ketones is 3. The van der Waals surface area contributed by atoms with E-state index in [0.29, 0.717) is 109 Å². The van der Waals surface area contributed by atoms with Gasteiger partial charge >= 0.3 is 17.9 Å². The highest BCUT2D eigenvalue weighted by Gasteiger charge is 2.39. The highest BCUT2D eigenvalue weighted by Crippen LogP contribution is 2.49. The Morgan fingerprint density at radius 2 is 0.760 bits per heavy atom. The average molecular weight is 1080 g/mol. The van der Waals surface area contributed by atoms with Gasteiger partial charge in [-0.25, -0.2) is 0 Å². The smallest absolute Gasteiger partial charge is 0.306 e. The molecule has 390 valence electrons. The van der Waals surface area contributed by atoms with Crippen molar-refractivity contribution < 1.29 is 57.6 Å². The number of benzene rings is 6. The van der Waals surface area contributed by atoms with Crippen LogP contribution in [0, 0.1) is 20.8 Å². The molecule has 0 saturated heterocycles. The first kappa shape index (κ1) is 55.8. The maximum atomic E-state index is 13.0. The van der Waals surface area contributed by atoms with E-state index in [4.69, 9.17) is 58.5 Å². The molecular formula is C60H57Cl3O12. The number of rotatable bonds is 13. The van der Waals surface area contributed by atoms with E-state index in [1.54, 1.807) is 49.4 Å². The van der Waals surface area contributed by atoms with E-state index in [1.807, 2.05) is 90.1 Å². The van der Waals surface area contributed by atoms with E-state index >= 15 is 0 Å². The predicted octanol–water partition coefficient (Wildman–Crippen LogP) is 13.2. The Morgan fingerprint density at radius 3 is 1.05 bits per heavy atom. The Balaban J connectivity index is 0.000000164. The van der Waals surface area contributed by atoms with Crippen LogP contribution in [0.4, 0.5) is 0 Å². The Hall–Kier alpha value is -6.99. The average Bonchev–Trinajstić information content (AvgIpc) is 3.37. The number of esters is 2. The third-order valence-electron chi connectivity index (χ3n) is 13.2. The molecule has 0 radical (unpaired) electrons. The Kier molecular flexibility index (Phi) is 17.9. The molecule has 3 atom stereocenters. The molecule has 15 heteroatoms. The number of carboxylic acid groups (broad SMARTS) is 1. The molecule has 0 bridgehead atoms. The Morgan fingerprint density at radius 1 is 0.453 bits per heavy atom. The maximum absolute atomic E-state index is 13.0. The van der Waals surface area contributed by atoms with Crippen molar-refractivity contribution in [1.82, 2.24) is 0 Å². The van der Waals surface area contributed by atoms with Crippen molar-refractivity contribution in [2.75, 3.05) is 33.5 Å². The summed E-state index contributed by atoms with van der Waals surface area (Å²) in [6.45, 7) is 14.7. The van der Waals surface area contributed by atoms with Crippen molar-refractivity contribution >= 4 is 70.1 Å². The van der Waals surface area contributed by atoms with Crippen LogP contribution in [0.25, 0.3) is 0 Å². The summed E-state index contributed by atoms with van der Waals surface area (Å²) in [5.41, 5.74) is 10.6. The summed E-state index contributed by atoms with van der Waals surface area (Å²) < 4.78 is 27.2. The van der Waals surface area contributed by atoms with E-state index < -0.39 is 11.9 Å². The number of fused-ring (bicyclic) bond motifs is 6. The number of ether oxygens (including phenoxy) is 5. The van der Waals surface area contributed by atoms with Gasteiger partial charge in [0.05, 0.1) is 67.9 Å². The molecule has 12 nitrogen and oxygen atoms in total. The first-order valence-electron chi connectivity index (χ1n) is 24.6. The molecule has 6 aromatic carbocycles. The van der Waals surface area contributed by atoms with Gasteiger partial charge in [0.15, 0.2) is 17.3 Å². The lowest BCUT2D eigenvalue weighted by molar-refractivity contribution is -0.143. The van der Waals surface area contributed by atoms with Crippen molar-refractivity contribution in [3.8, 4) is 17.2 Å². The standard InChI is InChI=1S/C21H21ClO4.C20H19ClO4.C19H17ClO4/c1-4-25-18(23)11-16-15-10-12(3)6-7-13(15)20(24)14-8-9-17(22)21(19(14)16)26-5-2;1-4-25-20-16(21)8-7-13-18(20)15(10-17(22)24-3)14-9-11(2)5-6-12(14)19(13)23;1-3-24-19-15(20)7-6-12-17(19)14(9-16(21)22)13-8-10(2)4-5-11(13)18(12)23/h6-10,16H,4-5,11H2,1-3H3;5-9,15H,4,10H2,1-3H3;4-8,14H,3,9H2,1-2H3,(H,21,22). The van der Waals surface area contributed by atoms with Gasteiger partial charge in [-0.3, -0.25) is 28.8 Å². The summed E-state index contributed by atoms with van der Waals surface area (Å²) >= 11 is 19.0. The molecule has 1 N–H and O–H groups in total. The molecule has 3 unspecified atom stereocenters. The van der Waals surface area contributed by atoms with Crippen LogP contribution in [-0.4, -0.2) is 73.9 Å². The Labute approximate surface area is 451 Å². The molecule has 3 aliphatic carbocycles. The second-order valence-corrected chi connectivity index (χ2v) is 19.3. The number of methoxy groups -OCH3 is 1. The molecule has 6 aromatic rings. The van der Waals surface area contributed by atoms with Crippen molar-refractivity contribution in [2.45, 2.75) is 85.5 Å². The van der Waals surface area contributed by atoms with Crippen LogP contribution in [0.5, 0.6) is 17.2 Å². The number of hydrogen-bond acceptors (Lipinski definition) is 11. The van der Waals surface area contributed by atoms with Gasteiger partial charge in [0.1, 0.15) is 17.2 Å². The highest BCUT2D eigenvalue weighted by molar-refractivity contribution is 6.33. The molecular weight excluding hydrogens is 1020 g/mol. The van der Waals surface area contributed by atoms with Crippen molar-refractivity contribution in [3.63, 3.8) is 0 Å². The van der Waals surface area contributed by atoms with Gasteiger partial charge in [-0.1, -0.05) is 106 Å². The highest BCUT2D eigenvalue weighted by atomic mass is 35.5. The number of carbonyl (C=O) groups is 6. The van der Waals surface area contributed by atoms with Crippen LogP contribution in [0.1, 0.15) is 163 Å². The summed E-state index contributed by atoms with van der Waals surface area (Å²) in [5.74, 6) is -1.67. The van der Waals surface area contributed by atoms with Gasteiger partial charge in [-0.15, -0.1) is 0 Å². The first-order chi connectivity index (χ1) is 35.9. The van der Waals surface area contributed by atoms with Crippen LogP contribution in [0.15, 0.2) is 91.0 Å². The molecule has 3 aliphatic rings. The van der Waals surface area contributed by atoms with Crippen molar-refractivity contribution in [1.29, 1.82) is 0 Å². The molecule has 0 saturated carbocycles. The zero-order valence-electron chi connectivity index (χ0n) is 42.9. The molecule has 75 heavy (non-hydrogen) atoms. The maximum Gasteiger partial charge on any atom is 0.306 e. The number of hydrogen-bond donors (Lipinski definition) is 1. The Bertz CT molecular complexity index is 3250. The van der Waals surface area contributed by atoms with Crippen LogP contribution in [0.3, 0.4) is 0 Å². The van der Waals surface area contributed by atoms with E-state index in [-0.39, 0.29) is 60.4 Å². The summed E-state index contributed by atoms with van der Waals surface area (Å²) in [7, 11) is 1.36. The number of carbonyl (C=O) groups excluding carboxylic acids is 5. The zero-order valence-corrected chi connectivity index (χ0v) is 45.2. The molecule has 0 aliphatic heterocycles. The van der Waals surface area contributed by atoms with Crippen LogP contribution < -0.4 is 14.2 Å². The summed E-state index contributed by atoms with van der Waals surface area (Å²) in [6.07, 6.45) is 0.121. The fourth-order valence-corrected chi connectivity index (χ4v) is 10.8. The molecule has 0 fully saturated rings. The fraction of sp³-hybridized carbons (Fsp3) is 0.300. The van der Waals surface area contributed by atoms with E-state index in [9.17, 15) is 33.9 Å². The van der Waals surface area contributed by atoms with Crippen LogP contribution in [-0.2, 0) is 23.9 Å². The van der Waals surface area contributed by atoms with E-state index in [0.717, 1.165) is 33.4 Å². The molecule has 0 aromatic heterocycles. The molecule has 0 spiro atoms. The lowest BCUT2D eigenvalue weighted by Crippen LogP contribution is -2.23. The van der Waals surface area contributed by atoms with Gasteiger partial charge in [0.2, 0.25) is 0 Å². The number of halogens is 3. The lowest BCUT2D eigenvalue weighted by atomic mass is 9.75. The topological polar surface area (TPSA) is 169 Å². The number of aliphatic carboxylic acids is 1. The van der Waals surface area contributed by atoms with Gasteiger partial charge in [-0.2, -0.15) is 0 Å². The minimum atomic E-state index is -0.935. The van der Waals surface area contributed by atoms with Crippen LogP contribution in [0.2, 0.25) is 15.1 Å². The molecule has 9 rings (SSSR count). The van der Waals surface area contributed by atoms with Gasteiger partial charge in [0, 0.05) is 67.8 Å². The number of carboxylic acids is 1. The summed E-state index contributed by atoms with van der Waals surface area (Å²) in [6, 6.07) is 26.9. The SMILES string of the molecule is CCOC(=O)CC1c2cc(C)ccc2C(=O)c2ccc(Cl)c(OCC)c21.CCOc1c(Cl)ccc2c1C(CC(=O)O)c1cc(C)ccc1C2=O.CCOc1c(Cl)ccc2c1C(CC(=O)OC)c1cc(C)ccc1C2=O. The second kappa shape index (κ2) is 24.1. The monoisotopic (exact) mass is 1070 g/mol. The van der Waals surface area contributed by atoms with E-state index in [1.165, 1.54) is 7.11 Å². The fourth-order valence-electron chi connectivity index (χ4n) is 10.1. The number of aryl methyl sites for hydroxylation is 3. The third kappa shape index (κ3) is 11.5. The summed E-state index contributed by atoms with van der Waals surface area (Å²) in [5, 5.41) is 10.6. The minimum absolute atomic E-state index is 0.0762. The lowest BCUT2D eigenvalue weighted by Gasteiger charge is -2.29. The summed E-state index contributed by atoms with van der Waals surface area (Å²) in [4.78, 5) is 74.6. The normalized spacial score (nSPS) is 15.4. The van der Waals surface area contributed by atoms with Gasteiger partial charge in [0.25, 0.3) is 0 Å². The van der Waals surface area contributed by atoms with Crippen molar-refractivity contribution in [3.05, 3.63) is 190 Å². The predicted molar refractivity (Wildman–Crippen MR) is 287 cm³/mol. The van der Waals surface area contributed by atoms with E-state index in [2.05, 4.69) is 0 Å². The molecule has 0 heterocycles. The zero-order chi connectivity index (χ0) is 54.4. The van der Waals surface area contributed by atoms with Gasteiger partial charge < -0.3 is 28.8 Å². The largest absolute Gasteiger partial charge is 0.492 e. The minimum Gasteiger partial charge on any atom is -0.492 e. The van der Waals surface area contributed by atoms with Crippen molar-refractivity contribution in [2.24, 2.45) is 0 Å². The quantitative estimate of drug-likeness (QED) is 0.109. The first-order valence-corrected chi connectivity index (χ1v) is 25.8. The molecule has 0 amide bonds. The second-order valence-electron chi connectivity index (χ2n) is 18.1. The van der Waals surface area contributed by atoms with Gasteiger partial charge in [-0.05, 0) is 102 Å².